The van der Waals surface area contributed by atoms with Crippen LogP contribution < -0.4 is 5.32 Å². The number of amides is 1. The van der Waals surface area contributed by atoms with Crippen LogP contribution in [0.15, 0.2) is 24.3 Å². The van der Waals surface area contributed by atoms with Gasteiger partial charge in [0.1, 0.15) is 5.69 Å². The summed E-state index contributed by atoms with van der Waals surface area (Å²) in [5.41, 5.74) is 4.30. The first-order valence-electron chi connectivity index (χ1n) is 9.49. The summed E-state index contributed by atoms with van der Waals surface area (Å²) in [6.45, 7) is 4.88. The summed E-state index contributed by atoms with van der Waals surface area (Å²) in [6, 6.07) is 9.76. The Morgan fingerprint density at radius 2 is 1.96 bits per heavy atom. The minimum Gasteiger partial charge on any atom is -0.350 e. The van der Waals surface area contributed by atoms with Gasteiger partial charge in [0, 0.05) is 23.7 Å². The van der Waals surface area contributed by atoms with Crippen molar-refractivity contribution >= 4 is 5.91 Å². The predicted molar refractivity (Wildman–Crippen MR) is 99.8 cm³/mol. The van der Waals surface area contributed by atoms with E-state index in [0.29, 0.717) is 17.4 Å². The lowest BCUT2D eigenvalue weighted by Crippen LogP contribution is -2.29. The second-order valence-electron chi connectivity index (χ2n) is 7.77. The van der Waals surface area contributed by atoms with Crippen molar-refractivity contribution in [2.75, 3.05) is 6.54 Å². The summed E-state index contributed by atoms with van der Waals surface area (Å²) in [5, 5.41) is 17.0. The Hall–Kier alpha value is -2.61. The van der Waals surface area contributed by atoms with E-state index in [1.807, 2.05) is 28.9 Å². The Bertz CT molecular complexity index is 865. The lowest BCUT2D eigenvalue weighted by atomic mass is 10.0. The molecular weight excluding hydrogens is 324 g/mol. The van der Waals surface area contributed by atoms with Crippen molar-refractivity contribution in [2.24, 2.45) is 5.92 Å². The highest BCUT2D eigenvalue weighted by molar-refractivity contribution is 5.96. The van der Waals surface area contributed by atoms with Crippen LogP contribution in [0.4, 0.5) is 0 Å². The molecule has 0 aliphatic heterocycles. The van der Waals surface area contributed by atoms with E-state index in [2.05, 4.69) is 25.2 Å². The molecule has 0 spiro atoms. The van der Waals surface area contributed by atoms with Gasteiger partial charge >= 0.3 is 0 Å². The quantitative estimate of drug-likeness (QED) is 0.857. The summed E-state index contributed by atoms with van der Waals surface area (Å²) in [4.78, 5) is 13.0. The van der Waals surface area contributed by atoms with Gasteiger partial charge in [-0.25, -0.2) is 0 Å². The molecule has 1 amide bonds. The third-order valence-corrected chi connectivity index (χ3v) is 5.17. The van der Waals surface area contributed by atoms with Crippen molar-refractivity contribution in [3.63, 3.8) is 0 Å². The number of rotatable bonds is 6. The van der Waals surface area contributed by atoms with Crippen LogP contribution in [-0.4, -0.2) is 22.2 Å². The SMILES string of the molecule is CC(C)n1nc(-c2ccc(C#N)cc2)c(C2CC2)c1C(=O)NCC1CC1. The van der Waals surface area contributed by atoms with Crippen molar-refractivity contribution in [2.45, 2.75) is 51.5 Å². The van der Waals surface area contributed by atoms with Gasteiger partial charge in [-0.1, -0.05) is 12.1 Å². The van der Waals surface area contributed by atoms with Gasteiger partial charge in [0.25, 0.3) is 5.91 Å². The number of aromatic nitrogens is 2. The number of nitriles is 1. The van der Waals surface area contributed by atoms with Crippen molar-refractivity contribution in [1.82, 2.24) is 15.1 Å². The predicted octanol–water partition coefficient (Wildman–Crippen LogP) is 4.02. The van der Waals surface area contributed by atoms with Crippen LogP contribution in [0.2, 0.25) is 0 Å². The molecule has 2 fully saturated rings. The molecule has 1 aromatic heterocycles. The fourth-order valence-corrected chi connectivity index (χ4v) is 3.36. The van der Waals surface area contributed by atoms with E-state index in [0.717, 1.165) is 41.9 Å². The van der Waals surface area contributed by atoms with Gasteiger partial charge in [-0.3, -0.25) is 9.48 Å². The molecule has 1 N–H and O–H groups in total. The monoisotopic (exact) mass is 348 g/mol. The standard InChI is InChI=1S/C21H24N4O/c1-13(2)25-20(21(26)23-12-15-3-4-15)18(16-9-10-16)19(24-25)17-7-5-14(11-22)6-8-17/h5-8,13,15-16H,3-4,9-10,12H2,1-2H3,(H,23,26). The van der Waals surface area contributed by atoms with Gasteiger partial charge in [0.15, 0.2) is 0 Å². The molecule has 0 atom stereocenters. The van der Waals surface area contributed by atoms with Crippen molar-refractivity contribution in [1.29, 1.82) is 5.26 Å². The minimum absolute atomic E-state index is 0.0000972. The van der Waals surface area contributed by atoms with Gasteiger partial charge in [-0.05, 0) is 63.5 Å². The van der Waals surface area contributed by atoms with Crippen LogP contribution in [0.25, 0.3) is 11.3 Å². The van der Waals surface area contributed by atoms with Crippen molar-refractivity contribution in [3.8, 4) is 17.3 Å². The van der Waals surface area contributed by atoms with Crippen LogP contribution in [-0.2, 0) is 0 Å². The first-order chi connectivity index (χ1) is 12.6. The van der Waals surface area contributed by atoms with Gasteiger partial charge in [-0.15, -0.1) is 0 Å². The van der Waals surface area contributed by atoms with Crippen molar-refractivity contribution in [3.05, 3.63) is 41.1 Å². The van der Waals surface area contributed by atoms with E-state index in [4.69, 9.17) is 10.4 Å². The Labute approximate surface area is 154 Å². The lowest BCUT2D eigenvalue weighted by Gasteiger charge is -2.12. The summed E-state index contributed by atoms with van der Waals surface area (Å²) in [6.07, 6.45) is 4.65. The van der Waals surface area contributed by atoms with E-state index in [1.54, 1.807) is 0 Å². The molecular formula is C21H24N4O. The molecule has 26 heavy (non-hydrogen) atoms. The number of nitrogens with one attached hydrogen (secondary N) is 1. The Kier molecular flexibility index (Phi) is 4.28. The summed E-state index contributed by atoms with van der Waals surface area (Å²) < 4.78 is 1.88. The molecule has 0 radical (unpaired) electrons. The Morgan fingerprint density at radius 1 is 1.27 bits per heavy atom. The van der Waals surface area contributed by atoms with Crippen LogP contribution in [0.3, 0.4) is 0 Å². The molecule has 1 aromatic carbocycles. The third-order valence-electron chi connectivity index (χ3n) is 5.17. The fourth-order valence-electron chi connectivity index (χ4n) is 3.36. The average Bonchev–Trinajstić information content (AvgIpc) is 3.57. The topological polar surface area (TPSA) is 70.7 Å². The first kappa shape index (κ1) is 16.8. The Balaban J connectivity index is 1.76. The number of hydrogen-bond acceptors (Lipinski definition) is 3. The van der Waals surface area contributed by atoms with Crippen LogP contribution in [0.5, 0.6) is 0 Å². The Morgan fingerprint density at radius 3 is 2.50 bits per heavy atom. The van der Waals surface area contributed by atoms with E-state index in [-0.39, 0.29) is 11.9 Å². The van der Waals surface area contributed by atoms with E-state index in [9.17, 15) is 4.79 Å². The molecule has 0 saturated heterocycles. The highest BCUT2D eigenvalue weighted by Gasteiger charge is 2.36. The summed E-state index contributed by atoms with van der Waals surface area (Å²) in [7, 11) is 0. The second-order valence-corrected chi connectivity index (χ2v) is 7.77. The van der Waals surface area contributed by atoms with E-state index < -0.39 is 0 Å². The number of hydrogen-bond donors (Lipinski definition) is 1. The normalized spacial score (nSPS) is 16.5. The molecule has 2 aromatic rings. The second kappa shape index (κ2) is 6.60. The molecule has 1 heterocycles. The van der Waals surface area contributed by atoms with E-state index >= 15 is 0 Å². The number of benzene rings is 1. The largest absolute Gasteiger partial charge is 0.350 e. The van der Waals surface area contributed by atoms with Gasteiger partial charge in [-0.2, -0.15) is 10.4 Å². The zero-order valence-electron chi connectivity index (χ0n) is 15.3. The molecule has 2 saturated carbocycles. The highest BCUT2D eigenvalue weighted by Crippen LogP contribution is 2.46. The molecule has 0 unspecified atom stereocenters. The van der Waals surface area contributed by atoms with E-state index in [1.165, 1.54) is 12.8 Å². The van der Waals surface area contributed by atoms with Gasteiger partial charge in [0.05, 0.1) is 17.3 Å². The first-order valence-corrected chi connectivity index (χ1v) is 9.49. The molecule has 5 heteroatoms. The number of carbonyl (C=O) groups is 1. The maximum atomic E-state index is 13.0. The summed E-state index contributed by atoms with van der Waals surface area (Å²) >= 11 is 0. The van der Waals surface area contributed by atoms with Gasteiger partial charge < -0.3 is 5.32 Å². The van der Waals surface area contributed by atoms with Crippen LogP contribution >= 0.6 is 0 Å². The van der Waals surface area contributed by atoms with Crippen molar-refractivity contribution < 1.29 is 4.79 Å². The number of nitrogens with zero attached hydrogens (tertiary/aromatic N) is 3. The molecule has 134 valence electrons. The molecule has 4 rings (SSSR count). The maximum Gasteiger partial charge on any atom is 0.269 e. The van der Waals surface area contributed by atoms with Crippen LogP contribution in [0.1, 0.15) is 73.1 Å². The zero-order chi connectivity index (χ0) is 18.3. The minimum atomic E-state index is -0.0000972. The molecule has 2 aliphatic carbocycles. The number of carbonyl (C=O) groups excluding carboxylic acids is 1. The molecule has 5 nitrogen and oxygen atoms in total. The van der Waals surface area contributed by atoms with Crippen LogP contribution in [0, 0.1) is 17.2 Å². The fraction of sp³-hybridized carbons (Fsp3) is 0.476. The highest BCUT2D eigenvalue weighted by atomic mass is 16.2. The summed E-state index contributed by atoms with van der Waals surface area (Å²) in [5.74, 6) is 1.06. The maximum absolute atomic E-state index is 13.0. The smallest absolute Gasteiger partial charge is 0.269 e. The lowest BCUT2D eigenvalue weighted by molar-refractivity contribution is 0.0938. The zero-order valence-corrected chi connectivity index (χ0v) is 15.3. The molecule has 0 bridgehead atoms. The van der Waals surface area contributed by atoms with Gasteiger partial charge in [0.2, 0.25) is 0 Å². The third kappa shape index (κ3) is 3.24. The molecule has 2 aliphatic rings. The average molecular weight is 348 g/mol.